The van der Waals surface area contributed by atoms with E-state index in [1.54, 1.807) is 0 Å². The highest BCUT2D eigenvalue weighted by Crippen LogP contribution is 2.37. The zero-order valence-corrected chi connectivity index (χ0v) is 24.5. The summed E-state index contributed by atoms with van der Waals surface area (Å²) in [6, 6.07) is 16.4. The number of carbonyl (C=O) groups is 2. The van der Waals surface area contributed by atoms with E-state index in [2.05, 4.69) is 52.7 Å². The number of hydrogen-bond acceptors (Lipinski definition) is 5. The van der Waals surface area contributed by atoms with Crippen LogP contribution in [0, 0.1) is 11.8 Å². The summed E-state index contributed by atoms with van der Waals surface area (Å²) in [6.07, 6.45) is 9.37. The predicted molar refractivity (Wildman–Crippen MR) is 166 cm³/mol. The molecule has 2 aromatic rings. The highest BCUT2D eigenvalue weighted by molar-refractivity contribution is 6.14. The monoisotopic (exact) mass is 556 g/mol. The van der Waals surface area contributed by atoms with Crippen molar-refractivity contribution in [2.24, 2.45) is 16.8 Å². The van der Waals surface area contributed by atoms with Crippen LogP contribution in [0.5, 0.6) is 0 Å². The first kappa shape index (κ1) is 27.8. The second kappa shape index (κ2) is 12.2. The number of nitrogens with zero attached hydrogens (tertiary/aromatic N) is 4. The van der Waals surface area contributed by atoms with Crippen LogP contribution in [0.1, 0.15) is 63.4 Å². The zero-order chi connectivity index (χ0) is 28.3. The Morgan fingerprint density at radius 1 is 0.927 bits per heavy atom. The fourth-order valence-electron chi connectivity index (χ4n) is 6.69. The standard InChI is InChI=1S/C33H44N6O2/c1-37(2)26-18-20-38(21-19-26)27-16-14-25(15-17-27)34-33(41)36-31-32(40)39(22-23-12-13-23)29-11-7-6-10-28(29)30(35-31)24-8-4-3-5-9-24/h6-7,10-11,14-17,23-24,26,31H,3-5,8-9,12-13,18-22H2,1-2H3,(H2,34,36,41). The van der Waals surface area contributed by atoms with Crippen molar-refractivity contribution in [1.82, 2.24) is 10.2 Å². The molecule has 2 aliphatic heterocycles. The summed E-state index contributed by atoms with van der Waals surface area (Å²) in [7, 11) is 4.31. The van der Waals surface area contributed by atoms with Gasteiger partial charge in [0.2, 0.25) is 6.17 Å². The zero-order valence-electron chi connectivity index (χ0n) is 24.5. The molecule has 218 valence electrons. The number of carbonyl (C=O) groups excluding carboxylic acids is 2. The highest BCUT2D eigenvalue weighted by Gasteiger charge is 2.37. The Morgan fingerprint density at radius 2 is 1.63 bits per heavy atom. The number of fused-ring (bicyclic) bond motifs is 1. The quantitative estimate of drug-likeness (QED) is 0.473. The summed E-state index contributed by atoms with van der Waals surface area (Å²) < 4.78 is 0. The summed E-state index contributed by atoms with van der Waals surface area (Å²) in [4.78, 5) is 38.8. The normalized spacial score (nSPS) is 22.3. The van der Waals surface area contributed by atoms with E-state index in [1.165, 1.54) is 24.9 Å². The number of piperidine rings is 1. The average molecular weight is 557 g/mol. The molecule has 2 aromatic carbocycles. The Hall–Kier alpha value is -3.39. The number of benzodiazepines with no additional fused rings is 1. The van der Waals surface area contributed by atoms with Gasteiger partial charge in [-0.1, -0.05) is 37.5 Å². The number of hydrogen-bond donors (Lipinski definition) is 2. The maximum atomic E-state index is 13.9. The minimum absolute atomic E-state index is 0.151. The summed E-state index contributed by atoms with van der Waals surface area (Å²) >= 11 is 0. The number of nitrogens with one attached hydrogen (secondary N) is 2. The first-order chi connectivity index (χ1) is 20.0. The third-order valence-electron chi connectivity index (χ3n) is 9.32. The van der Waals surface area contributed by atoms with E-state index in [0.717, 1.165) is 68.6 Å². The number of amides is 3. The van der Waals surface area contributed by atoms with Gasteiger partial charge in [-0.3, -0.25) is 9.79 Å². The largest absolute Gasteiger partial charge is 0.371 e. The van der Waals surface area contributed by atoms with Crippen molar-refractivity contribution in [1.29, 1.82) is 0 Å². The first-order valence-electron chi connectivity index (χ1n) is 15.5. The minimum Gasteiger partial charge on any atom is -0.371 e. The molecule has 2 saturated carbocycles. The van der Waals surface area contributed by atoms with Gasteiger partial charge in [0.05, 0.1) is 11.4 Å². The van der Waals surface area contributed by atoms with Gasteiger partial charge < -0.3 is 25.3 Å². The molecule has 1 saturated heterocycles. The summed E-state index contributed by atoms with van der Waals surface area (Å²) in [6.45, 7) is 2.73. The number of urea groups is 1. The molecule has 8 nitrogen and oxygen atoms in total. The lowest BCUT2D eigenvalue weighted by Gasteiger charge is -2.36. The lowest BCUT2D eigenvalue weighted by Crippen LogP contribution is -2.49. The molecule has 1 atom stereocenters. The van der Waals surface area contributed by atoms with Crippen molar-refractivity contribution < 1.29 is 9.59 Å². The lowest BCUT2D eigenvalue weighted by atomic mass is 9.83. The van der Waals surface area contributed by atoms with E-state index >= 15 is 0 Å². The smallest absolute Gasteiger partial charge is 0.321 e. The molecule has 0 spiro atoms. The van der Waals surface area contributed by atoms with Crippen molar-refractivity contribution in [2.45, 2.75) is 70.0 Å². The average Bonchev–Trinajstić information content (AvgIpc) is 3.84. The fourth-order valence-corrected chi connectivity index (χ4v) is 6.69. The predicted octanol–water partition coefficient (Wildman–Crippen LogP) is 5.49. The minimum atomic E-state index is -0.949. The van der Waals surface area contributed by atoms with Gasteiger partial charge in [-0.25, -0.2) is 4.79 Å². The molecule has 2 heterocycles. The van der Waals surface area contributed by atoms with Gasteiger partial charge in [0.15, 0.2) is 0 Å². The van der Waals surface area contributed by atoms with E-state index in [1.807, 2.05) is 35.2 Å². The lowest BCUT2D eigenvalue weighted by molar-refractivity contribution is -0.120. The van der Waals surface area contributed by atoms with Gasteiger partial charge in [-0.2, -0.15) is 0 Å². The van der Waals surface area contributed by atoms with E-state index in [9.17, 15) is 9.59 Å². The molecule has 2 aliphatic carbocycles. The molecule has 3 amide bonds. The third kappa shape index (κ3) is 6.43. The second-order valence-corrected chi connectivity index (χ2v) is 12.5. The number of aliphatic imine (C=N–C) groups is 1. The fraction of sp³-hybridized carbons (Fsp3) is 0.545. The molecule has 41 heavy (non-hydrogen) atoms. The molecule has 4 aliphatic rings. The van der Waals surface area contributed by atoms with Crippen molar-refractivity contribution in [3.8, 4) is 0 Å². The number of anilines is 3. The summed E-state index contributed by atoms with van der Waals surface area (Å²) in [5.74, 6) is 0.674. The highest BCUT2D eigenvalue weighted by atomic mass is 16.2. The molecule has 3 fully saturated rings. The molecule has 6 rings (SSSR count). The molecule has 1 unspecified atom stereocenters. The van der Waals surface area contributed by atoms with Crippen LogP contribution in [0.2, 0.25) is 0 Å². The van der Waals surface area contributed by atoms with Crippen LogP contribution < -0.4 is 20.4 Å². The maximum Gasteiger partial charge on any atom is 0.321 e. The van der Waals surface area contributed by atoms with Crippen LogP contribution in [0.15, 0.2) is 53.5 Å². The first-order valence-corrected chi connectivity index (χ1v) is 15.5. The molecule has 0 radical (unpaired) electrons. The van der Waals surface area contributed by atoms with Gasteiger partial charge in [0.25, 0.3) is 5.91 Å². The Bertz CT molecular complexity index is 1260. The Balaban J connectivity index is 1.17. The van der Waals surface area contributed by atoms with Gasteiger partial charge in [-0.15, -0.1) is 0 Å². The van der Waals surface area contributed by atoms with Gasteiger partial charge in [-0.05, 0) is 88.9 Å². The van der Waals surface area contributed by atoms with Crippen LogP contribution in [0.25, 0.3) is 0 Å². The van der Waals surface area contributed by atoms with Crippen molar-refractivity contribution in [2.75, 3.05) is 48.8 Å². The number of rotatable bonds is 7. The Morgan fingerprint density at radius 3 is 2.32 bits per heavy atom. The summed E-state index contributed by atoms with van der Waals surface area (Å²) in [5.41, 5.74) is 4.82. The molecule has 0 bridgehead atoms. The topological polar surface area (TPSA) is 80.3 Å². The van der Waals surface area contributed by atoms with E-state index in [0.29, 0.717) is 30.1 Å². The van der Waals surface area contributed by atoms with Crippen LogP contribution >= 0.6 is 0 Å². The maximum absolute atomic E-state index is 13.9. The number of para-hydroxylation sites is 1. The Kier molecular flexibility index (Phi) is 8.28. The SMILES string of the molecule is CN(C)C1CCN(c2ccc(NC(=O)NC3N=C(C4CCCCC4)c4ccccc4N(CC4CC4)C3=O)cc2)CC1. The van der Waals surface area contributed by atoms with Gasteiger partial charge >= 0.3 is 6.03 Å². The summed E-state index contributed by atoms with van der Waals surface area (Å²) in [5, 5.41) is 5.88. The second-order valence-electron chi connectivity index (χ2n) is 12.5. The molecule has 8 heteroatoms. The van der Waals surface area contributed by atoms with E-state index in [4.69, 9.17) is 4.99 Å². The van der Waals surface area contributed by atoms with Crippen LogP contribution in [-0.2, 0) is 4.79 Å². The van der Waals surface area contributed by atoms with Gasteiger partial charge in [0, 0.05) is 48.5 Å². The molecular weight excluding hydrogens is 512 g/mol. The van der Waals surface area contributed by atoms with Crippen molar-refractivity contribution in [3.05, 3.63) is 54.1 Å². The van der Waals surface area contributed by atoms with Crippen LogP contribution in [0.3, 0.4) is 0 Å². The van der Waals surface area contributed by atoms with E-state index in [-0.39, 0.29) is 5.91 Å². The number of benzene rings is 2. The van der Waals surface area contributed by atoms with Crippen LogP contribution in [-0.4, -0.2) is 68.5 Å². The molecule has 0 aromatic heterocycles. The van der Waals surface area contributed by atoms with Crippen LogP contribution in [0.4, 0.5) is 21.9 Å². The molecule has 2 N–H and O–H groups in total. The molecular formula is C33H44N6O2. The Labute approximate surface area is 244 Å². The van der Waals surface area contributed by atoms with Crippen molar-refractivity contribution in [3.63, 3.8) is 0 Å². The van der Waals surface area contributed by atoms with E-state index < -0.39 is 12.2 Å². The van der Waals surface area contributed by atoms with Gasteiger partial charge in [0.1, 0.15) is 0 Å². The third-order valence-corrected chi connectivity index (χ3v) is 9.32. The van der Waals surface area contributed by atoms with Crippen molar-refractivity contribution >= 4 is 34.7 Å².